The van der Waals surface area contributed by atoms with Gasteiger partial charge in [-0.25, -0.2) is 14.5 Å². The van der Waals surface area contributed by atoms with Crippen molar-refractivity contribution in [3.05, 3.63) is 83.9 Å². The Hall–Kier alpha value is -4.37. The summed E-state index contributed by atoms with van der Waals surface area (Å²) in [5.41, 5.74) is 0.282. The molecule has 3 aromatic rings. The zero-order valence-electron chi connectivity index (χ0n) is 32.0. The van der Waals surface area contributed by atoms with Gasteiger partial charge in [-0.2, -0.15) is 0 Å². The van der Waals surface area contributed by atoms with Crippen molar-refractivity contribution >= 4 is 34.9 Å². The van der Waals surface area contributed by atoms with E-state index in [1.807, 2.05) is 25.1 Å². The minimum atomic E-state index is -0.867. The summed E-state index contributed by atoms with van der Waals surface area (Å²) in [7, 11) is 0. The first-order chi connectivity index (χ1) is 23.9. The minimum Gasteiger partial charge on any atom is -0.508 e. The summed E-state index contributed by atoms with van der Waals surface area (Å²) in [4.78, 5) is 42.7. The molecule has 0 fully saturated rings. The maximum absolute atomic E-state index is 14.8. The normalized spacial score (nSPS) is 13.9. The average Bonchev–Trinajstić information content (AvgIpc) is 3.03. The number of benzene rings is 3. The lowest BCUT2D eigenvalue weighted by atomic mass is 9.97. The third-order valence-corrected chi connectivity index (χ3v) is 8.06. The maximum atomic E-state index is 14.8. The Morgan fingerprint density at radius 1 is 0.882 bits per heavy atom. The quantitative estimate of drug-likeness (QED) is 0.145. The SMILES string of the molecule is CCCC[C@@H](CN(C(=O)OC(C)(C)C)C(=O)[C@H](Cc1ccc(O)cc1)N[C@H](/C=C/c1cccc2ccccc12)CC(C)C)NC(=O)OC(C)(C)C. The number of phenolic OH excluding ortho intramolecular Hbond substituents is 1. The maximum Gasteiger partial charge on any atom is 0.417 e. The molecule has 0 saturated heterocycles. The van der Waals surface area contributed by atoms with Crippen LogP contribution < -0.4 is 10.6 Å². The van der Waals surface area contributed by atoms with Crippen molar-refractivity contribution in [2.45, 2.75) is 124 Å². The Bertz CT molecular complexity index is 1600. The second kappa shape index (κ2) is 18.7. The summed E-state index contributed by atoms with van der Waals surface area (Å²) in [5, 5.41) is 18.7. The number of nitrogens with zero attached hydrogens (tertiary/aromatic N) is 1. The molecule has 278 valence electrons. The van der Waals surface area contributed by atoms with Crippen LogP contribution in [0.2, 0.25) is 0 Å². The highest BCUT2D eigenvalue weighted by Crippen LogP contribution is 2.22. The summed E-state index contributed by atoms with van der Waals surface area (Å²) in [6.07, 6.45) is 5.90. The second-order valence-electron chi connectivity index (χ2n) is 15.7. The molecule has 9 nitrogen and oxygen atoms in total. The van der Waals surface area contributed by atoms with Gasteiger partial charge < -0.3 is 19.9 Å². The van der Waals surface area contributed by atoms with Crippen molar-refractivity contribution in [1.29, 1.82) is 0 Å². The van der Waals surface area contributed by atoms with E-state index in [1.165, 1.54) is 0 Å². The van der Waals surface area contributed by atoms with Crippen LogP contribution in [-0.4, -0.2) is 64.0 Å². The predicted octanol–water partition coefficient (Wildman–Crippen LogP) is 9.02. The number of rotatable bonds is 15. The number of amides is 3. The van der Waals surface area contributed by atoms with E-state index < -0.39 is 41.4 Å². The first-order valence-electron chi connectivity index (χ1n) is 18.2. The van der Waals surface area contributed by atoms with Gasteiger partial charge in [-0.15, -0.1) is 0 Å². The molecule has 0 aromatic heterocycles. The standard InChI is InChI=1S/C42H59N3O6/c1-10-11-18-34(44-39(48)50-41(4,5)6)28-45(40(49)51-42(7,8)9)38(47)37(27-30-20-24-35(46)25-21-30)43-33(26-29(2)3)23-22-32-17-14-16-31-15-12-13-19-36(31)32/h12-17,19-25,29,33-34,37,43,46H,10-11,18,26-28H2,1-9H3,(H,44,48)/b23-22+/t33-,34+,37+/m1/s1. The lowest BCUT2D eigenvalue weighted by molar-refractivity contribution is -0.133. The van der Waals surface area contributed by atoms with E-state index in [9.17, 15) is 19.5 Å². The molecule has 3 rings (SSSR count). The fraction of sp³-hybridized carbons (Fsp3) is 0.500. The molecule has 3 atom stereocenters. The fourth-order valence-corrected chi connectivity index (χ4v) is 5.78. The van der Waals surface area contributed by atoms with Gasteiger partial charge in [-0.05, 0) is 101 Å². The molecular weight excluding hydrogens is 642 g/mol. The number of alkyl carbamates (subject to hydrolysis) is 1. The lowest BCUT2D eigenvalue weighted by Crippen LogP contribution is -2.56. The molecular formula is C42H59N3O6. The zero-order chi connectivity index (χ0) is 37.8. The van der Waals surface area contributed by atoms with Gasteiger partial charge in [0, 0.05) is 6.04 Å². The molecule has 0 radical (unpaired) electrons. The van der Waals surface area contributed by atoms with E-state index in [4.69, 9.17) is 9.47 Å². The Morgan fingerprint density at radius 3 is 2.16 bits per heavy atom. The molecule has 9 heteroatoms. The number of carbonyl (C=O) groups is 3. The fourth-order valence-electron chi connectivity index (χ4n) is 5.78. The molecule has 3 N–H and O–H groups in total. The second-order valence-corrected chi connectivity index (χ2v) is 15.7. The smallest absolute Gasteiger partial charge is 0.417 e. The number of nitrogens with one attached hydrogen (secondary N) is 2. The van der Waals surface area contributed by atoms with E-state index in [2.05, 4.69) is 60.9 Å². The molecule has 0 aliphatic carbocycles. The van der Waals surface area contributed by atoms with Gasteiger partial charge in [0.05, 0.1) is 18.6 Å². The first kappa shape index (κ1) is 41.1. The molecule has 0 bridgehead atoms. The molecule has 3 amide bonds. The van der Waals surface area contributed by atoms with Crippen molar-refractivity contribution in [2.75, 3.05) is 6.54 Å². The van der Waals surface area contributed by atoms with Gasteiger partial charge in [0.25, 0.3) is 0 Å². The highest BCUT2D eigenvalue weighted by molar-refractivity contribution is 5.95. The number of fused-ring (bicyclic) bond motifs is 1. The van der Waals surface area contributed by atoms with Crippen LogP contribution in [0.15, 0.2) is 72.8 Å². The van der Waals surface area contributed by atoms with Crippen molar-refractivity contribution in [1.82, 2.24) is 15.5 Å². The Balaban J connectivity index is 2.04. The van der Waals surface area contributed by atoms with Crippen LogP contribution in [0.25, 0.3) is 16.8 Å². The lowest BCUT2D eigenvalue weighted by Gasteiger charge is -2.33. The molecule has 0 saturated carbocycles. The number of carbonyl (C=O) groups excluding carboxylic acids is 3. The number of ether oxygens (including phenoxy) is 2. The Kier molecular flexibility index (Phi) is 15.1. The van der Waals surface area contributed by atoms with Gasteiger partial charge in [0.15, 0.2) is 0 Å². The van der Waals surface area contributed by atoms with E-state index >= 15 is 0 Å². The summed E-state index contributed by atoms with van der Waals surface area (Å²) < 4.78 is 11.3. The Morgan fingerprint density at radius 2 is 1.53 bits per heavy atom. The summed E-state index contributed by atoms with van der Waals surface area (Å²) in [5.74, 6) is -0.0627. The summed E-state index contributed by atoms with van der Waals surface area (Å²) >= 11 is 0. The average molecular weight is 702 g/mol. The van der Waals surface area contributed by atoms with Crippen LogP contribution in [0.4, 0.5) is 9.59 Å². The number of imide groups is 1. The van der Waals surface area contributed by atoms with Crippen LogP contribution in [0.5, 0.6) is 5.75 Å². The van der Waals surface area contributed by atoms with Crippen LogP contribution in [0, 0.1) is 5.92 Å². The monoisotopic (exact) mass is 701 g/mol. The molecule has 0 aliphatic heterocycles. The number of aromatic hydroxyl groups is 1. The van der Waals surface area contributed by atoms with Gasteiger partial charge >= 0.3 is 12.2 Å². The third kappa shape index (κ3) is 14.4. The van der Waals surface area contributed by atoms with Gasteiger partial charge in [-0.1, -0.05) is 100 Å². The van der Waals surface area contributed by atoms with E-state index in [1.54, 1.807) is 65.8 Å². The van der Waals surface area contributed by atoms with Crippen LogP contribution in [0.1, 0.15) is 99.1 Å². The number of hydrogen-bond acceptors (Lipinski definition) is 7. The largest absolute Gasteiger partial charge is 0.508 e. The predicted molar refractivity (Wildman–Crippen MR) is 206 cm³/mol. The third-order valence-electron chi connectivity index (χ3n) is 8.06. The van der Waals surface area contributed by atoms with Crippen molar-refractivity contribution < 1.29 is 29.0 Å². The molecule has 3 aromatic carbocycles. The molecule has 0 heterocycles. The van der Waals surface area contributed by atoms with Crippen LogP contribution >= 0.6 is 0 Å². The molecule has 0 unspecified atom stereocenters. The number of hydrogen-bond donors (Lipinski definition) is 3. The molecule has 0 spiro atoms. The van der Waals surface area contributed by atoms with Crippen molar-refractivity contribution in [3.63, 3.8) is 0 Å². The number of phenols is 1. The van der Waals surface area contributed by atoms with Gasteiger partial charge in [0.2, 0.25) is 5.91 Å². The van der Waals surface area contributed by atoms with Crippen LogP contribution in [-0.2, 0) is 20.7 Å². The minimum absolute atomic E-state index is 0.0958. The first-order valence-corrected chi connectivity index (χ1v) is 18.2. The van der Waals surface area contributed by atoms with Gasteiger partial charge in [-0.3, -0.25) is 10.1 Å². The number of unbranched alkanes of at least 4 members (excludes halogenated alkanes) is 1. The van der Waals surface area contributed by atoms with Crippen LogP contribution in [0.3, 0.4) is 0 Å². The Labute approximate surface area is 304 Å². The highest BCUT2D eigenvalue weighted by Gasteiger charge is 2.35. The zero-order valence-corrected chi connectivity index (χ0v) is 32.0. The summed E-state index contributed by atoms with van der Waals surface area (Å²) in [6, 6.07) is 19.5. The summed E-state index contributed by atoms with van der Waals surface area (Å²) in [6.45, 7) is 16.8. The highest BCUT2D eigenvalue weighted by atomic mass is 16.6. The van der Waals surface area contributed by atoms with Crippen molar-refractivity contribution in [2.24, 2.45) is 5.92 Å². The van der Waals surface area contributed by atoms with E-state index in [0.717, 1.165) is 46.1 Å². The van der Waals surface area contributed by atoms with E-state index in [-0.39, 0.29) is 24.8 Å². The van der Waals surface area contributed by atoms with Gasteiger partial charge in [0.1, 0.15) is 17.0 Å². The topological polar surface area (TPSA) is 117 Å². The van der Waals surface area contributed by atoms with Crippen molar-refractivity contribution in [3.8, 4) is 5.75 Å². The molecule has 51 heavy (non-hydrogen) atoms. The molecule has 0 aliphatic rings. The van der Waals surface area contributed by atoms with E-state index in [0.29, 0.717) is 12.3 Å².